The summed E-state index contributed by atoms with van der Waals surface area (Å²) in [6.07, 6.45) is 1.38. The highest BCUT2D eigenvalue weighted by Gasteiger charge is 2.04. The van der Waals surface area contributed by atoms with Crippen LogP contribution in [-0.4, -0.2) is 17.8 Å². The van der Waals surface area contributed by atoms with Crippen LogP contribution in [0.15, 0.2) is 24.3 Å². The minimum Gasteiger partial charge on any atom is -0.356 e. The minimum atomic E-state index is 0.137. The van der Waals surface area contributed by atoms with Gasteiger partial charge in [-0.2, -0.15) is 0 Å². The molecule has 0 radical (unpaired) electrons. The lowest BCUT2D eigenvalue weighted by Crippen LogP contribution is -2.28. The summed E-state index contributed by atoms with van der Waals surface area (Å²) in [4.78, 5) is 11.6. The van der Waals surface area contributed by atoms with Gasteiger partial charge in [0.25, 0.3) is 0 Å². The molecule has 1 N–H and O–H groups in total. The van der Waals surface area contributed by atoms with Gasteiger partial charge in [-0.1, -0.05) is 52.7 Å². The van der Waals surface area contributed by atoms with Crippen molar-refractivity contribution in [2.45, 2.75) is 26.7 Å². The van der Waals surface area contributed by atoms with Gasteiger partial charge in [-0.15, -0.1) is 0 Å². The van der Waals surface area contributed by atoms with Gasteiger partial charge in [0.2, 0.25) is 5.91 Å². The maximum Gasteiger partial charge on any atom is 0.220 e. The Labute approximate surface area is 112 Å². The molecule has 0 fully saturated rings. The lowest BCUT2D eigenvalue weighted by molar-refractivity contribution is -0.121. The van der Waals surface area contributed by atoms with Gasteiger partial charge in [-0.3, -0.25) is 4.79 Å². The average Bonchev–Trinajstić information content (AvgIpc) is 2.35. The van der Waals surface area contributed by atoms with E-state index < -0.39 is 0 Å². The molecule has 94 valence electrons. The van der Waals surface area contributed by atoms with E-state index in [1.54, 1.807) is 0 Å². The summed E-state index contributed by atoms with van der Waals surface area (Å²) in [5.74, 6) is 0.622. The fourth-order valence-electron chi connectivity index (χ4n) is 1.44. The number of alkyl halides is 1. The van der Waals surface area contributed by atoms with E-state index in [1.165, 1.54) is 11.1 Å². The summed E-state index contributed by atoms with van der Waals surface area (Å²) in [5.41, 5.74) is 2.48. The number of rotatable bonds is 6. The summed E-state index contributed by atoms with van der Waals surface area (Å²) in [6.45, 7) is 4.92. The molecule has 1 rings (SSSR count). The Morgan fingerprint density at radius 3 is 2.59 bits per heavy atom. The molecule has 2 nitrogen and oxygen atoms in total. The van der Waals surface area contributed by atoms with Crippen LogP contribution < -0.4 is 5.32 Å². The lowest BCUT2D eigenvalue weighted by atomic mass is 10.1. The molecule has 0 aromatic heterocycles. The van der Waals surface area contributed by atoms with Crippen molar-refractivity contribution in [3.8, 4) is 0 Å². The molecule has 0 saturated carbocycles. The number of nitrogens with one attached hydrogen (secondary N) is 1. The van der Waals surface area contributed by atoms with Crippen molar-refractivity contribution < 1.29 is 4.79 Å². The Bertz CT molecular complexity index is 348. The van der Waals surface area contributed by atoms with Gasteiger partial charge in [0, 0.05) is 18.3 Å². The fourth-order valence-corrected chi connectivity index (χ4v) is 1.67. The predicted octanol–water partition coefficient (Wildman–Crippen LogP) is 3.07. The number of carbonyl (C=O) groups excluding carboxylic acids is 1. The highest BCUT2D eigenvalue weighted by atomic mass is 79.9. The quantitative estimate of drug-likeness (QED) is 0.803. The van der Waals surface area contributed by atoms with Gasteiger partial charge >= 0.3 is 0 Å². The number of amides is 1. The van der Waals surface area contributed by atoms with Gasteiger partial charge in [0.1, 0.15) is 0 Å². The van der Waals surface area contributed by atoms with E-state index in [2.05, 4.69) is 59.4 Å². The molecule has 0 bridgehead atoms. The topological polar surface area (TPSA) is 29.1 Å². The van der Waals surface area contributed by atoms with E-state index in [0.29, 0.717) is 12.3 Å². The molecule has 1 amide bonds. The number of aryl methyl sites for hydroxylation is 2. The highest BCUT2D eigenvalue weighted by Crippen LogP contribution is 2.05. The fraction of sp³-hybridized carbons (Fsp3) is 0.500. The minimum absolute atomic E-state index is 0.137. The zero-order chi connectivity index (χ0) is 12.7. The number of hydrogen-bond donors (Lipinski definition) is 1. The smallest absolute Gasteiger partial charge is 0.220 e. The van der Waals surface area contributed by atoms with Crippen LogP contribution >= 0.6 is 15.9 Å². The molecule has 0 aliphatic heterocycles. The van der Waals surface area contributed by atoms with Crippen LogP contribution in [0.4, 0.5) is 0 Å². The maximum atomic E-state index is 11.6. The van der Waals surface area contributed by atoms with Gasteiger partial charge in [-0.05, 0) is 24.8 Å². The predicted molar refractivity (Wildman–Crippen MR) is 75.5 cm³/mol. The summed E-state index contributed by atoms with van der Waals surface area (Å²) < 4.78 is 0. The van der Waals surface area contributed by atoms with E-state index in [4.69, 9.17) is 0 Å². The SMILES string of the molecule is Cc1ccc(CCC(=O)NCC(C)CBr)cc1. The van der Waals surface area contributed by atoms with Crippen molar-refractivity contribution in [2.75, 3.05) is 11.9 Å². The second kappa shape index (κ2) is 7.49. The van der Waals surface area contributed by atoms with Crippen molar-refractivity contribution in [3.63, 3.8) is 0 Å². The van der Waals surface area contributed by atoms with Crippen LogP contribution in [0.2, 0.25) is 0 Å². The molecule has 0 aliphatic rings. The standard InChI is InChI=1S/C14H20BrNO/c1-11-3-5-13(6-4-11)7-8-14(17)16-10-12(2)9-15/h3-6,12H,7-10H2,1-2H3,(H,16,17). The van der Waals surface area contributed by atoms with E-state index >= 15 is 0 Å². The third-order valence-electron chi connectivity index (χ3n) is 2.67. The molecule has 0 aliphatic carbocycles. The van der Waals surface area contributed by atoms with E-state index in [9.17, 15) is 4.79 Å². The average molecular weight is 298 g/mol. The molecule has 0 spiro atoms. The van der Waals surface area contributed by atoms with Crippen molar-refractivity contribution in [3.05, 3.63) is 35.4 Å². The monoisotopic (exact) mass is 297 g/mol. The third-order valence-corrected chi connectivity index (χ3v) is 3.78. The van der Waals surface area contributed by atoms with Gasteiger partial charge in [-0.25, -0.2) is 0 Å². The zero-order valence-electron chi connectivity index (χ0n) is 10.5. The van der Waals surface area contributed by atoms with Crippen LogP contribution in [0.3, 0.4) is 0 Å². The van der Waals surface area contributed by atoms with Crippen LogP contribution in [0.25, 0.3) is 0 Å². The van der Waals surface area contributed by atoms with Crippen LogP contribution in [0.1, 0.15) is 24.5 Å². The molecule has 1 aromatic rings. The number of benzene rings is 1. The first-order valence-electron chi connectivity index (χ1n) is 6.00. The number of hydrogen-bond acceptors (Lipinski definition) is 1. The molecular weight excluding hydrogens is 278 g/mol. The van der Waals surface area contributed by atoms with E-state index in [0.717, 1.165) is 18.3 Å². The van der Waals surface area contributed by atoms with Crippen LogP contribution in [-0.2, 0) is 11.2 Å². The molecule has 0 heterocycles. The van der Waals surface area contributed by atoms with Crippen LogP contribution in [0, 0.1) is 12.8 Å². The van der Waals surface area contributed by atoms with Gasteiger partial charge in [0.05, 0.1) is 0 Å². The van der Waals surface area contributed by atoms with Crippen molar-refractivity contribution in [1.82, 2.24) is 5.32 Å². The molecule has 1 unspecified atom stereocenters. The number of halogens is 1. The first-order chi connectivity index (χ1) is 8.11. The van der Waals surface area contributed by atoms with Crippen molar-refractivity contribution in [1.29, 1.82) is 0 Å². The third kappa shape index (κ3) is 5.87. The molecule has 0 saturated heterocycles. The first-order valence-corrected chi connectivity index (χ1v) is 7.12. The molecular formula is C14H20BrNO. The largest absolute Gasteiger partial charge is 0.356 e. The second-order valence-electron chi connectivity index (χ2n) is 4.55. The highest BCUT2D eigenvalue weighted by molar-refractivity contribution is 9.09. The van der Waals surface area contributed by atoms with Crippen molar-refractivity contribution >= 4 is 21.8 Å². The Morgan fingerprint density at radius 2 is 2.00 bits per heavy atom. The summed E-state index contributed by atoms with van der Waals surface area (Å²) in [6, 6.07) is 8.34. The van der Waals surface area contributed by atoms with Crippen LogP contribution in [0.5, 0.6) is 0 Å². The Kier molecular flexibility index (Phi) is 6.27. The van der Waals surface area contributed by atoms with E-state index in [1.807, 2.05) is 0 Å². The number of carbonyl (C=O) groups is 1. The molecule has 1 atom stereocenters. The maximum absolute atomic E-state index is 11.6. The van der Waals surface area contributed by atoms with Gasteiger partial charge < -0.3 is 5.32 Å². The first kappa shape index (κ1) is 14.2. The Hall–Kier alpha value is -0.830. The Morgan fingerprint density at radius 1 is 1.35 bits per heavy atom. The van der Waals surface area contributed by atoms with Crippen molar-refractivity contribution in [2.24, 2.45) is 5.92 Å². The molecule has 3 heteroatoms. The molecule has 17 heavy (non-hydrogen) atoms. The summed E-state index contributed by atoms with van der Waals surface area (Å²) >= 11 is 3.40. The summed E-state index contributed by atoms with van der Waals surface area (Å²) in [7, 11) is 0. The van der Waals surface area contributed by atoms with E-state index in [-0.39, 0.29) is 5.91 Å². The normalized spacial score (nSPS) is 12.2. The molecule has 1 aromatic carbocycles. The Balaban J connectivity index is 2.26. The summed E-state index contributed by atoms with van der Waals surface area (Å²) in [5, 5.41) is 3.87. The lowest BCUT2D eigenvalue weighted by Gasteiger charge is -2.09. The zero-order valence-corrected chi connectivity index (χ0v) is 12.1. The second-order valence-corrected chi connectivity index (χ2v) is 5.20. The van der Waals surface area contributed by atoms with Gasteiger partial charge in [0.15, 0.2) is 0 Å².